The molecule has 0 amide bonds. The summed E-state index contributed by atoms with van der Waals surface area (Å²) in [6.45, 7) is 3.01. The average molecular weight is 260 g/mol. The minimum absolute atomic E-state index is 0.509. The molecule has 0 radical (unpaired) electrons. The van der Waals surface area contributed by atoms with E-state index in [0.717, 1.165) is 30.7 Å². The second-order valence-electron chi connectivity index (χ2n) is 5.19. The largest absolute Gasteiger partial charge is 0.356 e. The summed E-state index contributed by atoms with van der Waals surface area (Å²) in [6, 6.07) is 8.15. The van der Waals surface area contributed by atoms with E-state index in [1.165, 1.54) is 31.1 Å². The zero-order chi connectivity index (χ0) is 13.5. The fourth-order valence-electron chi connectivity index (χ4n) is 2.60. The first kappa shape index (κ1) is 14.1. The second kappa shape index (κ2) is 7.29. The van der Waals surface area contributed by atoms with Gasteiger partial charge < -0.3 is 10.3 Å². The number of hydrogen-bond donors (Lipinski definition) is 1. The molecule has 3 heteroatoms. The maximum Gasteiger partial charge on any atom is 0.167 e. The summed E-state index contributed by atoms with van der Waals surface area (Å²) in [4.78, 5) is 0. The van der Waals surface area contributed by atoms with E-state index in [4.69, 9.17) is 10.3 Å². The molecule has 0 saturated carbocycles. The van der Waals surface area contributed by atoms with Crippen molar-refractivity contribution in [3.63, 3.8) is 0 Å². The average Bonchev–Trinajstić information content (AvgIpc) is 2.87. The number of benzene rings is 1. The Balaban J connectivity index is 2.15. The Kier molecular flexibility index (Phi) is 5.40. The highest BCUT2D eigenvalue weighted by atomic mass is 16.5. The van der Waals surface area contributed by atoms with Crippen LogP contribution in [0.15, 0.2) is 28.8 Å². The molecule has 3 nitrogen and oxygen atoms in total. The van der Waals surface area contributed by atoms with Gasteiger partial charge in [0.1, 0.15) is 0 Å². The third-order valence-electron chi connectivity index (χ3n) is 3.70. The Morgan fingerprint density at radius 3 is 2.74 bits per heavy atom. The Labute approximate surface area is 115 Å². The zero-order valence-corrected chi connectivity index (χ0v) is 11.8. The fourth-order valence-corrected chi connectivity index (χ4v) is 2.60. The van der Waals surface area contributed by atoms with Crippen LogP contribution in [0.2, 0.25) is 0 Å². The zero-order valence-electron chi connectivity index (χ0n) is 11.8. The van der Waals surface area contributed by atoms with Crippen molar-refractivity contribution in [3.8, 4) is 0 Å². The van der Waals surface area contributed by atoms with Gasteiger partial charge in [-0.1, -0.05) is 43.5 Å². The number of para-hydroxylation sites is 1. The summed E-state index contributed by atoms with van der Waals surface area (Å²) in [5, 5.41) is 5.50. The van der Waals surface area contributed by atoms with Gasteiger partial charge in [-0.3, -0.25) is 0 Å². The molecule has 0 fully saturated rings. The van der Waals surface area contributed by atoms with Crippen molar-refractivity contribution in [3.05, 3.63) is 30.0 Å². The predicted octanol–water partition coefficient (Wildman–Crippen LogP) is 4.23. The van der Waals surface area contributed by atoms with Gasteiger partial charge in [0, 0.05) is 11.3 Å². The lowest BCUT2D eigenvalue weighted by molar-refractivity contribution is 0.420. The van der Waals surface area contributed by atoms with Crippen molar-refractivity contribution in [2.24, 2.45) is 5.73 Å². The molecule has 2 N–H and O–H groups in total. The molecular weight excluding hydrogens is 236 g/mol. The van der Waals surface area contributed by atoms with Crippen molar-refractivity contribution in [1.82, 2.24) is 5.16 Å². The number of aromatic nitrogens is 1. The quantitative estimate of drug-likeness (QED) is 0.722. The van der Waals surface area contributed by atoms with E-state index < -0.39 is 0 Å². The van der Waals surface area contributed by atoms with Crippen LogP contribution < -0.4 is 5.73 Å². The topological polar surface area (TPSA) is 52.0 Å². The molecule has 1 unspecified atom stereocenters. The Bertz CT molecular complexity index is 492. The molecule has 104 valence electrons. The van der Waals surface area contributed by atoms with Gasteiger partial charge in [0.2, 0.25) is 0 Å². The molecule has 0 aliphatic heterocycles. The Hall–Kier alpha value is -1.35. The standard InChI is InChI=1S/C16H24N2O/c1-2-3-8-13(9-6-7-12-17)16-14-10-4-5-11-15(14)19-18-16/h4-5,10-11,13H,2-3,6-9,12,17H2,1H3. The van der Waals surface area contributed by atoms with Crippen molar-refractivity contribution >= 4 is 11.0 Å². The number of nitrogens with zero attached hydrogens (tertiary/aromatic N) is 1. The van der Waals surface area contributed by atoms with Crippen LogP contribution in [0.3, 0.4) is 0 Å². The molecule has 0 saturated heterocycles. The van der Waals surface area contributed by atoms with E-state index in [0.29, 0.717) is 5.92 Å². The van der Waals surface area contributed by atoms with E-state index >= 15 is 0 Å². The molecule has 1 atom stereocenters. The fraction of sp³-hybridized carbons (Fsp3) is 0.562. The highest BCUT2D eigenvalue weighted by Gasteiger charge is 2.18. The van der Waals surface area contributed by atoms with Crippen LogP contribution in [-0.4, -0.2) is 11.7 Å². The Morgan fingerprint density at radius 2 is 1.95 bits per heavy atom. The summed E-state index contributed by atoms with van der Waals surface area (Å²) in [7, 11) is 0. The monoisotopic (exact) mass is 260 g/mol. The van der Waals surface area contributed by atoms with Gasteiger partial charge in [-0.15, -0.1) is 0 Å². The molecule has 2 rings (SSSR count). The lowest BCUT2D eigenvalue weighted by Gasteiger charge is -2.14. The van der Waals surface area contributed by atoms with Crippen LogP contribution in [0.5, 0.6) is 0 Å². The number of unbranched alkanes of at least 4 members (excludes halogenated alkanes) is 2. The lowest BCUT2D eigenvalue weighted by atomic mass is 9.91. The second-order valence-corrected chi connectivity index (χ2v) is 5.19. The Morgan fingerprint density at radius 1 is 1.16 bits per heavy atom. The lowest BCUT2D eigenvalue weighted by Crippen LogP contribution is -2.03. The third-order valence-corrected chi connectivity index (χ3v) is 3.70. The van der Waals surface area contributed by atoms with E-state index in [2.05, 4.69) is 24.2 Å². The van der Waals surface area contributed by atoms with E-state index in [9.17, 15) is 0 Å². The molecule has 0 bridgehead atoms. The molecule has 1 aromatic carbocycles. The summed E-state index contributed by atoms with van der Waals surface area (Å²) in [5.41, 5.74) is 7.63. The summed E-state index contributed by atoms with van der Waals surface area (Å²) < 4.78 is 5.44. The van der Waals surface area contributed by atoms with Gasteiger partial charge in [0.15, 0.2) is 5.58 Å². The molecular formula is C16H24N2O. The summed E-state index contributed by atoms with van der Waals surface area (Å²) >= 11 is 0. The molecule has 1 heterocycles. The molecule has 0 spiro atoms. The van der Waals surface area contributed by atoms with Crippen molar-refractivity contribution in [2.45, 2.75) is 51.4 Å². The SMILES string of the molecule is CCCCC(CCCCN)c1noc2ccccc12. The third kappa shape index (κ3) is 3.57. The van der Waals surface area contributed by atoms with Gasteiger partial charge >= 0.3 is 0 Å². The van der Waals surface area contributed by atoms with Crippen LogP contribution >= 0.6 is 0 Å². The first-order valence-electron chi connectivity index (χ1n) is 7.41. The van der Waals surface area contributed by atoms with E-state index in [1.807, 2.05) is 12.1 Å². The van der Waals surface area contributed by atoms with Gasteiger partial charge in [-0.05, 0) is 37.9 Å². The first-order chi connectivity index (χ1) is 9.36. The minimum Gasteiger partial charge on any atom is -0.356 e. The number of fused-ring (bicyclic) bond motifs is 1. The normalized spacial score (nSPS) is 12.9. The van der Waals surface area contributed by atoms with Crippen molar-refractivity contribution < 1.29 is 4.52 Å². The summed E-state index contributed by atoms with van der Waals surface area (Å²) in [6.07, 6.45) is 7.09. The predicted molar refractivity (Wildman–Crippen MR) is 79.2 cm³/mol. The number of rotatable bonds is 8. The molecule has 0 aliphatic rings. The van der Waals surface area contributed by atoms with Gasteiger partial charge in [0.05, 0.1) is 5.69 Å². The highest BCUT2D eigenvalue weighted by molar-refractivity contribution is 5.79. The summed E-state index contributed by atoms with van der Waals surface area (Å²) in [5.74, 6) is 0.509. The van der Waals surface area contributed by atoms with Gasteiger partial charge in [0.25, 0.3) is 0 Å². The van der Waals surface area contributed by atoms with Crippen molar-refractivity contribution in [2.75, 3.05) is 6.54 Å². The van der Waals surface area contributed by atoms with Crippen LogP contribution in [0.25, 0.3) is 11.0 Å². The van der Waals surface area contributed by atoms with Gasteiger partial charge in [-0.2, -0.15) is 0 Å². The van der Waals surface area contributed by atoms with Crippen LogP contribution in [0.1, 0.15) is 57.1 Å². The maximum atomic E-state index is 5.59. The van der Waals surface area contributed by atoms with Gasteiger partial charge in [-0.25, -0.2) is 0 Å². The molecule has 1 aromatic heterocycles. The minimum atomic E-state index is 0.509. The smallest absolute Gasteiger partial charge is 0.167 e. The first-order valence-corrected chi connectivity index (χ1v) is 7.41. The number of nitrogens with two attached hydrogens (primary N) is 1. The van der Waals surface area contributed by atoms with E-state index in [1.54, 1.807) is 0 Å². The van der Waals surface area contributed by atoms with Crippen LogP contribution in [0, 0.1) is 0 Å². The molecule has 19 heavy (non-hydrogen) atoms. The molecule has 2 aromatic rings. The number of hydrogen-bond acceptors (Lipinski definition) is 3. The highest BCUT2D eigenvalue weighted by Crippen LogP contribution is 2.32. The van der Waals surface area contributed by atoms with Crippen LogP contribution in [-0.2, 0) is 0 Å². The molecule has 0 aliphatic carbocycles. The van der Waals surface area contributed by atoms with Crippen molar-refractivity contribution in [1.29, 1.82) is 0 Å². The maximum absolute atomic E-state index is 5.59. The van der Waals surface area contributed by atoms with E-state index in [-0.39, 0.29) is 0 Å². The van der Waals surface area contributed by atoms with Crippen LogP contribution in [0.4, 0.5) is 0 Å².